The van der Waals surface area contributed by atoms with Crippen LogP contribution in [0.3, 0.4) is 0 Å². The van der Waals surface area contributed by atoms with Crippen molar-refractivity contribution < 1.29 is 9.53 Å². The Kier molecular flexibility index (Phi) is 5.48. The number of halogens is 2. The largest absolute Gasteiger partial charge is 0.480 e. The van der Waals surface area contributed by atoms with E-state index in [-0.39, 0.29) is 5.91 Å². The maximum Gasteiger partial charge on any atom is 0.265 e. The van der Waals surface area contributed by atoms with E-state index in [9.17, 15) is 4.79 Å². The zero-order chi connectivity index (χ0) is 16.3. The van der Waals surface area contributed by atoms with Crippen LogP contribution >= 0.6 is 27.5 Å². The van der Waals surface area contributed by atoms with Gasteiger partial charge in [0.2, 0.25) is 0 Å². The predicted octanol–water partition coefficient (Wildman–Crippen LogP) is 5.13. The summed E-state index contributed by atoms with van der Waals surface area (Å²) in [5.74, 6) is 0.378. The number of hydrogen-bond acceptors (Lipinski definition) is 2. The molecule has 0 fully saturated rings. The summed E-state index contributed by atoms with van der Waals surface area (Å²) in [6.45, 7) is 5.70. The van der Waals surface area contributed by atoms with Crippen molar-refractivity contribution in [1.82, 2.24) is 0 Å². The van der Waals surface area contributed by atoms with Gasteiger partial charge in [-0.25, -0.2) is 0 Å². The number of amides is 1. The summed E-state index contributed by atoms with van der Waals surface area (Å²) in [5.41, 5.74) is 2.98. The van der Waals surface area contributed by atoms with E-state index in [1.165, 1.54) is 0 Å². The third kappa shape index (κ3) is 4.02. The molecule has 0 aromatic heterocycles. The molecule has 0 aliphatic rings. The van der Waals surface area contributed by atoms with Gasteiger partial charge in [-0.15, -0.1) is 0 Å². The Hall–Kier alpha value is -1.52. The van der Waals surface area contributed by atoms with Crippen molar-refractivity contribution in [3.05, 3.63) is 57.0 Å². The molecule has 1 amide bonds. The minimum Gasteiger partial charge on any atom is -0.480 e. The van der Waals surface area contributed by atoms with Gasteiger partial charge in [0.15, 0.2) is 6.10 Å². The minimum absolute atomic E-state index is 0.199. The first-order valence-electron chi connectivity index (χ1n) is 6.87. The van der Waals surface area contributed by atoms with Gasteiger partial charge in [-0.05, 0) is 72.1 Å². The van der Waals surface area contributed by atoms with Gasteiger partial charge in [-0.2, -0.15) is 0 Å². The Morgan fingerprint density at radius 2 is 2.00 bits per heavy atom. The maximum absolute atomic E-state index is 12.3. The summed E-state index contributed by atoms with van der Waals surface area (Å²) in [6, 6.07) is 11.0. The third-order valence-electron chi connectivity index (χ3n) is 3.43. The van der Waals surface area contributed by atoms with E-state index in [0.717, 1.165) is 16.8 Å². The van der Waals surface area contributed by atoms with Crippen molar-refractivity contribution in [1.29, 1.82) is 0 Å². The van der Waals surface area contributed by atoms with E-state index in [1.54, 1.807) is 25.1 Å². The Balaban J connectivity index is 2.07. The van der Waals surface area contributed by atoms with Gasteiger partial charge < -0.3 is 10.1 Å². The lowest BCUT2D eigenvalue weighted by molar-refractivity contribution is -0.122. The number of ether oxygens (including phenoxy) is 1. The summed E-state index contributed by atoms with van der Waals surface area (Å²) in [6.07, 6.45) is -0.627. The molecule has 0 aliphatic heterocycles. The molecule has 0 saturated heterocycles. The number of hydrogen-bond donors (Lipinski definition) is 1. The van der Waals surface area contributed by atoms with Crippen molar-refractivity contribution in [3.63, 3.8) is 0 Å². The number of nitrogens with one attached hydrogen (secondary N) is 1. The molecule has 22 heavy (non-hydrogen) atoms. The van der Waals surface area contributed by atoms with Crippen molar-refractivity contribution in [3.8, 4) is 5.75 Å². The number of benzene rings is 2. The Bertz CT molecular complexity index is 703. The van der Waals surface area contributed by atoms with Crippen LogP contribution in [0, 0.1) is 13.8 Å². The topological polar surface area (TPSA) is 38.3 Å². The summed E-state index contributed by atoms with van der Waals surface area (Å²) < 4.78 is 6.40. The molecule has 116 valence electrons. The molecule has 0 saturated carbocycles. The summed E-state index contributed by atoms with van der Waals surface area (Å²) in [4.78, 5) is 12.3. The van der Waals surface area contributed by atoms with Crippen molar-refractivity contribution in [2.45, 2.75) is 26.9 Å². The second-order valence-corrected chi connectivity index (χ2v) is 6.36. The fraction of sp³-hybridized carbons (Fsp3) is 0.235. The summed E-state index contributed by atoms with van der Waals surface area (Å²) in [5, 5.41) is 3.50. The van der Waals surface area contributed by atoms with Crippen LogP contribution < -0.4 is 10.1 Å². The van der Waals surface area contributed by atoms with Gasteiger partial charge in [-0.1, -0.05) is 23.7 Å². The molecular formula is C17H17BrClNO2. The van der Waals surface area contributed by atoms with Crippen molar-refractivity contribution in [2.24, 2.45) is 0 Å². The van der Waals surface area contributed by atoms with E-state index in [1.807, 2.05) is 32.0 Å². The third-order valence-corrected chi connectivity index (χ3v) is 4.28. The van der Waals surface area contributed by atoms with Gasteiger partial charge in [0.25, 0.3) is 5.91 Å². The molecule has 0 bridgehead atoms. The van der Waals surface area contributed by atoms with Crippen LogP contribution in [0.1, 0.15) is 18.1 Å². The van der Waals surface area contributed by atoms with Gasteiger partial charge in [0, 0.05) is 10.7 Å². The van der Waals surface area contributed by atoms with Crippen molar-refractivity contribution >= 4 is 39.1 Å². The lowest BCUT2D eigenvalue weighted by Gasteiger charge is -2.17. The highest BCUT2D eigenvalue weighted by Crippen LogP contribution is 2.29. The molecule has 0 radical (unpaired) electrons. The fourth-order valence-electron chi connectivity index (χ4n) is 1.94. The molecule has 0 aliphatic carbocycles. The molecular weight excluding hydrogens is 366 g/mol. The number of carbonyl (C=O) groups excluding carboxylic acids is 1. The maximum atomic E-state index is 12.3. The lowest BCUT2D eigenvalue weighted by Crippen LogP contribution is -2.30. The van der Waals surface area contributed by atoms with Crippen molar-refractivity contribution in [2.75, 3.05) is 5.32 Å². The normalized spacial score (nSPS) is 11.9. The SMILES string of the molecule is Cc1cccc(NC(=O)C(C)Oc2ccc(Cl)cc2Br)c1C. The van der Waals surface area contributed by atoms with Crippen LogP contribution in [-0.4, -0.2) is 12.0 Å². The van der Waals surface area contributed by atoms with Crippen LogP contribution in [-0.2, 0) is 4.79 Å². The van der Waals surface area contributed by atoms with Crippen LogP contribution in [0.5, 0.6) is 5.75 Å². The standard InChI is InChI=1S/C17H17BrClNO2/c1-10-5-4-6-15(11(10)2)20-17(21)12(3)22-16-8-7-13(19)9-14(16)18/h4-9,12H,1-3H3,(H,20,21). The van der Waals surface area contributed by atoms with Crippen LogP contribution in [0.2, 0.25) is 5.02 Å². The average molecular weight is 383 g/mol. The lowest BCUT2D eigenvalue weighted by atomic mass is 10.1. The number of rotatable bonds is 4. The van der Waals surface area contributed by atoms with E-state index in [4.69, 9.17) is 16.3 Å². The molecule has 2 rings (SSSR count). The quantitative estimate of drug-likeness (QED) is 0.796. The highest BCUT2D eigenvalue weighted by molar-refractivity contribution is 9.10. The first-order valence-corrected chi connectivity index (χ1v) is 8.04. The van der Waals surface area contributed by atoms with E-state index < -0.39 is 6.10 Å². The Labute approximate surface area is 143 Å². The smallest absolute Gasteiger partial charge is 0.265 e. The zero-order valence-corrected chi connectivity index (χ0v) is 15.0. The van der Waals surface area contributed by atoms with Gasteiger partial charge in [0.1, 0.15) is 5.75 Å². The molecule has 0 heterocycles. The Morgan fingerprint density at radius 1 is 1.27 bits per heavy atom. The van der Waals surface area contributed by atoms with Gasteiger partial charge in [-0.3, -0.25) is 4.79 Å². The monoisotopic (exact) mass is 381 g/mol. The van der Waals surface area contributed by atoms with Gasteiger partial charge >= 0.3 is 0 Å². The van der Waals surface area contributed by atoms with Crippen LogP contribution in [0.15, 0.2) is 40.9 Å². The zero-order valence-electron chi connectivity index (χ0n) is 12.6. The second kappa shape index (κ2) is 7.16. The number of anilines is 1. The van der Waals surface area contributed by atoms with Crippen LogP contribution in [0.4, 0.5) is 5.69 Å². The molecule has 3 nitrogen and oxygen atoms in total. The molecule has 5 heteroatoms. The van der Waals surface area contributed by atoms with E-state index in [2.05, 4.69) is 21.2 Å². The molecule has 1 atom stereocenters. The first kappa shape index (κ1) is 16.8. The minimum atomic E-state index is -0.627. The molecule has 1 unspecified atom stereocenters. The van der Waals surface area contributed by atoms with E-state index >= 15 is 0 Å². The first-order chi connectivity index (χ1) is 10.4. The van der Waals surface area contributed by atoms with Gasteiger partial charge in [0.05, 0.1) is 4.47 Å². The van der Waals surface area contributed by atoms with Crippen LogP contribution in [0.25, 0.3) is 0 Å². The fourth-order valence-corrected chi connectivity index (χ4v) is 2.71. The molecule has 2 aromatic rings. The highest BCUT2D eigenvalue weighted by Gasteiger charge is 2.17. The number of carbonyl (C=O) groups is 1. The molecule has 0 spiro atoms. The highest BCUT2D eigenvalue weighted by atomic mass is 79.9. The average Bonchev–Trinajstić information content (AvgIpc) is 2.46. The summed E-state index contributed by atoms with van der Waals surface area (Å²) >= 11 is 9.26. The number of aryl methyl sites for hydroxylation is 1. The van der Waals surface area contributed by atoms with E-state index in [0.29, 0.717) is 15.2 Å². The molecule has 1 N–H and O–H groups in total. The second-order valence-electron chi connectivity index (χ2n) is 5.07. The Morgan fingerprint density at radius 3 is 2.68 bits per heavy atom. The molecule has 2 aromatic carbocycles. The summed E-state index contributed by atoms with van der Waals surface area (Å²) in [7, 11) is 0. The predicted molar refractivity (Wildman–Crippen MR) is 93.8 cm³/mol.